The summed E-state index contributed by atoms with van der Waals surface area (Å²) < 4.78 is 21.4. The first kappa shape index (κ1) is 11.1. The fourth-order valence-corrected chi connectivity index (χ4v) is 2.68. The number of nitrogens with two attached hydrogens (primary N) is 1. The van der Waals surface area contributed by atoms with E-state index in [1.807, 2.05) is 12.1 Å². The molecule has 1 fully saturated rings. The Morgan fingerprint density at radius 2 is 2.33 bits per heavy atom. The third-order valence-corrected chi connectivity index (χ3v) is 3.47. The van der Waals surface area contributed by atoms with Crippen molar-refractivity contribution in [3.8, 4) is 0 Å². The van der Waals surface area contributed by atoms with E-state index in [0.29, 0.717) is 18.1 Å². The lowest BCUT2D eigenvalue weighted by Gasteiger charge is -2.27. The quantitative estimate of drug-likeness (QED) is 0.775. The van der Waals surface area contributed by atoms with E-state index in [2.05, 4.69) is 0 Å². The van der Waals surface area contributed by atoms with E-state index >= 15 is 0 Å². The predicted molar refractivity (Wildman–Crippen MR) is 57.6 cm³/mol. The molecular weight excluding hydrogens is 237 g/mol. The molecule has 2 atom stereocenters. The lowest BCUT2D eigenvalue weighted by Crippen LogP contribution is -2.17. The molecule has 1 aliphatic rings. The number of hydrogen-bond acceptors (Lipinski definition) is 3. The van der Waals surface area contributed by atoms with Gasteiger partial charge in [-0.3, -0.25) is 9.05 Å². The Morgan fingerprint density at radius 3 is 3.00 bits per heavy atom. The van der Waals surface area contributed by atoms with Crippen LogP contribution in [0.5, 0.6) is 0 Å². The van der Waals surface area contributed by atoms with Gasteiger partial charge in [-0.25, -0.2) is 10.1 Å². The van der Waals surface area contributed by atoms with Gasteiger partial charge in [-0.05, 0) is 17.7 Å². The van der Waals surface area contributed by atoms with E-state index in [1.165, 1.54) is 0 Å². The Bertz CT molecular complexity index is 412. The van der Waals surface area contributed by atoms with E-state index in [-0.39, 0.29) is 6.10 Å². The average molecular weight is 248 g/mol. The lowest BCUT2D eigenvalue weighted by atomic mass is 10.1. The molecule has 2 rings (SSSR count). The van der Waals surface area contributed by atoms with Gasteiger partial charge < -0.3 is 0 Å². The molecule has 2 N–H and O–H groups in total. The Hall–Kier alpha value is -0.380. The second-order valence-electron chi connectivity index (χ2n) is 3.31. The molecule has 1 saturated heterocycles. The van der Waals surface area contributed by atoms with Gasteiger partial charge in [-0.2, -0.15) is 0 Å². The van der Waals surface area contributed by atoms with Crippen LogP contribution in [0.25, 0.3) is 0 Å². The van der Waals surface area contributed by atoms with E-state index in [0.717, 1.165) is 5.56 Å². The molecule has 1 unspecified atom stereocenters. The van der Waals surface area contributed by atoms with Crippen molar-refractivity contribution in [1.82, 2.24) is 0 Å². The number of hydrogen-bond donors (Lipinski definition) is 1. The maximum absolute atomic E-state index is 11.4. The Kier molecular flexibility index (Phi) is 3.14. The highest BCUT2D eigenvalue weighted by Crippen LogP contribution is 2.49. The van der Waals surface area contributed by atoms with Crippen LogP contribution >= 0.6 is 19.3 Å². The first-order valence-electron chi connectivity index (χ1n) is 4.54. The molecule has 1 aromatic rings. The Balaban J connectivity index is 2.21. The third kappa shape index (κ3) is 2.80. The molecule has 0 amide bonds. The van der Waals surface area contributed by atoms with Gasteiger partial charge in [-0.15, -0.1) is 0 Å². The van der Waals surface area contributed by atoms with Crippen LogP contribution in [0.2, 0.25) is 5.02 Å². The van der Waals surface area contributed by atoms with Crippen molar-refractivity contribution in [1.29, 1.82) is 0 Å². The molecule has 4 nitrogen and oxygen atoms in total. The van der Waals surface area contributed by atoms with E-state index in [1.54, 1.807) is 12.1 Å². The zero-order valence-corrected chi connectivity index (χ0v) is 9.58. The van der Waals surface area contributed by atoms with Crippen LogP contribution in [0.4, 0.5) is 0 Å². The second kappa shape index (κ2) is 4.24. The number of benzene rings is 1. The largest absolute Gasteiger partial charge is 0.403 e. The van der Waals surface area contributed by atoms with Crippen LogP contribution < -0.4 is 5.50 Å². The lowest BCUT2D eigenvalue weighted by molar-refractivity contribution is 0.0815. The van der Waals surface area contributed by atoms with E-state index < -0.39 is 7.75 Å². The van der Waals surface area contributed by atoms with E-state index in [9.17, 15) is 4.57 Å². The smallest absolute Gasteiger partial charge is 0.297 e. The fraction of sp³-hybridized carbons (Fsp3) is 0.333. The summed E-state index contributed by atoms with van der Waals surface area (Å²) in [6, 6.07) is 7.23. The van der Waals surface area contributed by atoms with Gasteiger partial charge in [0.2, 0.25) is 0 Å². The SMILES string of the molecule is N[P@@]1(=O)OCCC(c2cccc(Cl)c2)O1. The van der Waals surface area contributed by atoms with Gasteiger partial charge in [0, 0.05) is 11.4 Å². The number of halogens is 1. The zero-order chi connectivity index (χ0) is 10.9. The summed E-state index contributed by atoms with van der Waals surface area (Å²) in [5.41, 5.74) is 6.19. The molecule has 0 radical (unpaired) electrons. The van der Waals surface area contributed by atoms with Gasteiger partial charge in [-0.1, -0.05) is 23.7 Å². The van der Waals surface area contributed by atoms with Crippen LogP contribution in [-0.4, -0.2) is 6.61 Å². The van der Waals surface area contributed by atoms with Crippen molar-refractivity contribution >= 4 is 19.3 Å². The van der Waals surface area contributed by atoms with Crippen LogP contribution in [0.3, 0.4) is 0 Å². The highest BCUT2D eigenvalue weighted by molar-refractivity contribution is 7.51. The molecular formula is C9H11ClNO3P. The molecule has 0 saturated carbocycles. The third-order valence-electron chi connectivity index (χ3n) is 2.15. The van der Waals surface area contributed by atoms with Gasteiger partial charge in [0.05, 0.1) is 12.7 Å². The van der Waals surface area contributed by atoms with E-state index in [4.69, 9.17) is 26.2 Å². The summed E-state index contributed by atoms with van der Waals surface area (Å²) in [5, 5.41) is 0.620. The standard InChI is InChI=1S/C9H11ClNO3P/c10-8-3-1-2-7(6-8)9-4-5-13-15(11,12)14-9/h1-3,6,9H,4-5H2,(H2,11,12)/t9?,15-/m1/s1. The van der Waals surface area contributed by atoms with Crippen molar-refractivity contribution in [3.05, 3.63) is 34.9 Å². The van der Waals surface area contributed by atoms with Gasteiger partial charge in [0.25, 0.3) is 0 Å². The molecule has 82 valence electrons. The molecule has 1 aliphatic heterocycles. The summed E-state index contributed by atoms with van der Waals surface area (Å²) in [6.07, 6.45) is 0.329. The molecule has 0 bridgehead atoms. The Morgan fingerprint density at radius 1 is 1.53 bits per heavy atom. The van der Waals surface area contributed by atoms with Crippen molar-refractivity contribution in [2.24, 2.45) is 5.50 Å². The van der Waals surface area contributed by atoms with Crippen LogP contribution in [0.15, 0.2) is 24.3 Å². The molecule has 1 aromatic carbocycles. The van der Waals surface area contributed by atoms with Crippen molar-refractivity contribution in [2.75, 3.05) is 6.61 Å². The molecule has 1 heterocycles. The molecule has 0 spiro atoms. The van der Waals surface area contributed by atoms with Crippen LogP contribution in [0.1, 0.15) is 18.1 Å². The predicted octanol–water partition coefficient (Wildman–Crippen LogP) is 2.88. The maximum Gasteiger partial charge on any atom is 0.403 e. The minimum atomic E-state index is -3.37. The molecule has 15 heavy (non-hydrogen) atoms. The summed E-state index contributed by atoms with van der Waals surface area (Å²) in [6.45, 7) is 0.338. The second-order valence-corrected chi connectivity index (χ2v) is 5.30. The summed E-state index contributed by atoms with van der Waals surface area (Å²) >= 11 is 5.85. The summed E-state index contributed by atoms with van der Waals surface area (Å²) in [5.74, 6) is 0. The van der Waals surface area contributed by atoms with Gasteiger partial charge >= 0.3 is 7.75 Å². The topological polar surface area (TPSA) is 61.6 Å². The maximum atomic E-state index is 11.4. The van der Waals surface area contributed by atoms with Crippen molar-refractivity contribution < 1.29 is 13.6 Å². The Labute approximate surface area is 92.9 Å². The zero-order valence-electron chi connectivity index (χ0n) is 7.93. The minimum absolute atomic E-state index is 0.298. The minimum Gasteiger partial charge on any atom is -0.297 e. The highest BCUT2D eigenvalue weighted by Gasteiger charge is 2.30. The highest BCUT2D eigenvalue weighted by atomic mass is 35.5. The fourth-order valence-electron chi connectivity index (χ4n) is 1.48. The summed E-state index contributed by atoms with van der Waals surface area (Å²) in [7, 11) is -3.37. The molecule has 0 aliphatic carbocycles. The first-order chi connectivity index (χ1) is 7.07. The first-order valence-corrected chi connectivity index (χ1v) is 6.53. The van der Waals surface area contributed by atoms with Gasteiger partial charge in [0.15, 0.2) is 0 Å². The van der Waals surface area contributed by atoms with Crippen molar-refractivity contribution in [3.63, 3.8) is 0 Å². The van der Waals surface area contributed by atoms with Crippen molar-refractivity contribution in [2.45, 2.75) is 12.5 Å². The molecule has 6 heteroatoms. The van der Waals surface area contributed by atoms with Gasteiger partial charge in [0.1, 0.15) is 0 Å². The van der Waals surface area contributed by atoms with Crippen LogP contribution in [0, 0.1) is 0 Å². The number of rotatable bonds is 1. The molecule has 0 aromatic heterocycles. The van der Waals surface area contributed by atoms with Crippen LogP contribution in [-0.2, 0) is 13.6 Å². The average Bonchev–Trinajstić information content (AvgIpc) is 2.16. The monoisotopic (exact) mass is 247 g/mol. The normalized spacial score (nSPS) is 31.5. The summed E-state index contributed by atoms with van der Waals surface area (Å²) in [4.78, 5) is 0.